The fraction of sp³-hybridized carbons (Fsp3) is 0.281. The van der Waals surface area contributed by atoms with Gasteiger partial charge in [-0.3, -0.25) is 4.79 Å². The van der Waals surface area contributed by atoms with Crippen LogP contribution in [0.3, 0.4) is 0 Å². The molecule has 0 atom stereocenters. The topological polar surface area (TPSA) is 58.6 Å². The Morgan fingerprint density at radius 1 is 0.854 bits per heavy atom. The van der Waals surface area contributed by atoms with Gasteiger partial charge in [-0.2, -0.15) is 13.2 Å². The summed E-state index contributed by atoms with van der Waals surface area (Å²) in [6.07, 6.45) is -3.88. The van der Waals surface area contributed by atoms with Gasteiger partial charge in [0.05, 0.1) is 12.2 Å². The summed E-state index contributed by atoms with van der Waals surface area (Å²) in [6.45, 7) is 4.27. The fourth-order valence-corrected chi connectivity index (χ4v) is 4.90. The van der Waals surface area contributed by atoms with Gasteiger partial charge < -0.3 is 14.5 Å². The molecule has 41 heavy (non-hydrogen) atoms. The SMILES string of the molecule is Cc1nc(-c2cccc(C(F)(F)F)c2)nc(N2CCN(C(=O)COCc3ccccc3)CC2)c1Cc1ccccc1. The van der Waals surface area contributed by atoms with Crippen LogP contribution in [0, 0.1) is 6.92 Å². The molecule has 0 radical (unpaired) electrons. The Balaban J connectivity index is 1.35. The van der Waals surface area contributed by atoms with Crippen LogP contribution in [0.15, 0.2) is 84.9 Å². The predicted molar refractivity (Wildman–Crippen MR) is 151 cm³/mol. The molecule has 1 amide bonds. The minimum atomic E-state index is -4.46. The third kappa shape index (κ3) is 7.10. The molecule has 6 nitrogen and oxygen atoms in total. The van der Waals surface area contributed by atoms with Gasteiger partial charge in [-0.05, 0) is 30.2 Å². The van der Waals surface area contributed by atoms with Gasteiger partial charge in [-0.1, -0.05) is 72.8 Å². The number of nitrogens with zero attached hydrogens (tertiary/aromatic N) is 4. The van der Waals surface area contributed by atoms with Gasteiger partial charge in [0, 0.05) is 49.4 Å². The number of ether oxygens (including phenoxy) is 1. The smallest absolute Gasteiger partial charge is 0.367 e. The number of hydrogen-bond acceptors (Lipinski definition) is 5. The number of amides is 1. The van der Waals surface area contributed by atoms with Crippen molar-refractivity contribution in [1.29, 1.82) is 0 Å². The maximum absolute atomic E-state index is 13.4. The van der Waals surface area contributed by atoms with Gasteiger partial charge in [0.2, 0.25) is 5.91 Å². The zero-order chi connectivity index (χ0) is 28.8. The van der Waals surface area contributed by atoms with Crippen LogP contribution in [0.1, 0.15) is 27.9 Å². The number of alkyl halides is 3. The van der Waals surface area contributed by atoms with E-state index in [1.165, 1.54) is 6.07 Å². The molecule has 1 fully saturated rings. The number of aryl methyl sites for hydroxylation is 1. The highest BCUT2D eigenvalue weighted by Crippen LogP contribution is 2.33. The van der Waals surface area contributed by atoms with E-state index in [4.69, 9.17) is 9.72 Å². The van der Waals surface area contributed by atoms with E-state index in [2.05, 4.69) is 9.88 Å². The van der Waals surface area contributed by atoms with Gasteiger partial charge in [-0.15, -0.1) is 0 Å². The molecule has 4 aromatic rings. The van der Waals surface area contributed by atoms with Crippen LogP contribution in [0.5, 0.6) is 0 Å². The summed E-state index contributed by atoms with van der Waals surface area (Å²) < 4.78 is 45.9. The molecule has 1 saturated heterocycles. The first-order valence-corrected chi connectivity index (χ1v) is 13.5. The second-order valence-corrected chi connectivity index (χ2v) is 10.0. The molecule has 9 heteroatoms. The van der Waals surface area contributed by atoms with Crippen molar-refractivity contribution in [2.45, 2.75) is 26.1 Å². The molecular weight excluding hydrogens is 529 g/mol. The molecule has 0 bridgehead atoms. The number of carbonyl (C=O) groups is 1. The van der Waals surface area contributed by atoms with Crippen molar-refractivity contribution in [3.63, 3.8) is 0 Å². The van der Waals surface area contributed by atoms with Crippen LogP contribution in [0.4, 0.5) is 19.0 Å². The quantitative estimate of drug-likeness (QED) is 0.268. The van der Waals surface area contributed by atoms with Crippen molar-refractivity contribution in [2.24, 2.45) is 0 Å². The fourth-order valence-electron chi connectivity index (χ4n) is 4.90. The maximum Gasteiger partial charge on any atom is 0.416 e. The first-order chi connectivity index (χ1) is 19.8. The maximum atomic E-state index is 13.4. The van der Waals surface area contributed by atoms with E-state index in [0.29, 0.717) is 56.3 Å². The minimum absolute atomic E-state index is 0.000457. The van der Waals surface area contributed by atoms with Crippen LogP contribution < -0.4 is 4.90 Å². The van der Waals surface area contributed by atoms with Crippen molar-refractivity contribution in [2.75, 3.05) is 37.7 Å². The lowest BCUT2D eigenvalue weighted by atomic mass is 10.0. The third-order valence-corrected chi connectivity index (χ3v) is 7.13. The van der Waals surface area contributed by atoms with E-state index in [0.717, 1.165) is 28.8 Å². The van der Waals surface area contributed by atoms with Gasteiger partial charge in [-0.25, -0.2) is 9.97 Å². The lowest BCUT2D eigenvalue weighted by molar-refractivity contribution is -0.138. The molecular formula is C32H31F3N4O2. The van der Waals surface area contributed by atoms with Crippen LogP contribution in [-0.2, 0) is 28.7 Å². The average Bonchev–Trinajstić information content (AvgIpc) is 2.99. The number of carbonyl (C=O) groups excluding carboxylic acids is 1. The van der Waals surface area contributed by atoms with Crippen molar-refractivity contribution in [3.05, 3.63) is 113 Å². The third-order valence-electron chi connectivity index (χ3n) is 7.13. The highest BCUT2D eigenvalue weighted by Gasteiger charge is 2.31. The summed E-state index contributed by atoms with van der Waals surface area (Å²) in [4.78, 5) is 26.1. The van der Waals surface area contributed by atoms with E-state index < -0.39 is 11.7 Å². The second kappa shape index (κ2) is 12.5. The van der Waals surface area contributed by atoms with Crippen molar-refractivity contribution in [3.8, 4) is 11.4 Å². The molecule has 212 valence electrons. The Hall–Kier alpha value is -4.24. The molecule has 5 rings (SSSR count). The number of benzene rings is 3. The van der Waals surface area contributed by atoms with E-state index >= 15 is 0 Å². The van der Waals surface area contributed by atoms with Crippen molar-refractivity contribution < 1.29 is 22.7 Å². The average molecular weight is 561 g/mol. The number of aromatic nitrogens is 2. The molecule has 0 N–H and O–H groups in total. The number of rotatable bonds is 8. The Morgan fingerprint density at radius 3 is 2.17 bits per heavy atom. The Bertz CT molecular complexity index is 1470. The minimum Gasteiger partial charge on any atom is -0.367 e. The molecule has 1 aliphatic heterocycles. The lowest BCUT2D eigenvalue weighted by Crippen LogP contribution is -2.50. The van der Waals surface area contributed by atoms with Crippen LogP contribution in [0.25, 0.3) is 11.4 Å². The summed E-state index contributed by atoms with van der Waals surface area (Å²) in [5.74, 6) is 0.850. The normalized spacial score (nSPS) is 13.9. The summed E-state index contributed by atoms with van der Waals surface area (Å²) in [6, 6.07) is 24.7. The molecule has 3 aromatic carbocycles. The van der Waals surface area contributed by atoms with E-state index in [-0.39, 0.29) is 18.3 Å². The Labute approximate surface area is 237 Å². The Morgan fingerprint density at radius 2 is 1.51 bits per heavy atom. The van der Waals surface area contributed by atoms with Gasteiger partial charge >= 0.3 is 6.18 Å². The van der Waals surface area contributed by atoms with Gasteiger partial charge in [0.25, 0.3) is 0 Å². The molecule has 0 aliphatic carbocycles. The van der Waals surface area contributed by atoms with Crippen molar-refractivity contribution >= 4 is 11.7 Å². The van der Waals surface area contributed by atoms with E-state index in [9.17, 15) is 18.0 Å². The predicted octanol–water partition coefficient (Wildman–Crippen LogP) is 5.93. The number of anilines is 1. The first kappa shape index (κ1) is 28.3. The summed E-state index contributed by atoms with van der Waals surface area (Å²) >= 11 is 0. The zero-order valence-electron chi connectivity index (χ0n) is 22.8. The molecule has 0 spiro atoms. The standard InChI is InChI=1S/C32H31F3N4O2/c1-23-28(19-24-9-4-2-5-10-24)31(37-30(36-23)26-13-8-14-27(20-26)32(33,34)35)39-17-15-38(16-18-39)29(40)22-41-21-25-11-6-3-7-12-25/h2-14,20H,15-19,21-22H2,1H3. The van der Waals surface area contributed by atoms with Crippen LogP contribution in [-0.4, -0.2) is 53.6 Å². The number of piperazine rings is 1. The van der Waals surface area contributed by atoms with Crippen LogP contribution >= 0.6 is 0 Å². The van der Waals surface area contributed by atoms with Crippen LogP contribution in [0.2, 0.25) is 0 Å². The monoisotopic (exact) mass is 560 g/mol. The first-order valence-electron chi connectivity index (χ1n) is 13.5. The molecule has 1 aliphatic rings. The van der Waals surface area contributed by atoms with Gasteiger partial charge in [0.1, 0.15) is 12.4 Å². The second-order valence-electron chi connectivity index (χ2n) is 10.0. The zero-order valence-corrected chi connectivity index (χ0v) is 22.8. The lowest BCUT2D eigenvalue weighted by Gasteiger charge is -2.36. The largest absolute Gasteiger partial charge is 0.416 e. The number of hydrogen-bond donors (Lipinski definition) is 0. The highest BCUT2D eigenvalue weighted by atomic mass is 19.4. The summed E-state index contributed by atoms with van der Waals surface area (Å²) in [5.41, 5.74) is 3.27. The van der Waals surface area contributed by atoms with E-state index in [1.807, 2.05) is 67.6 Å². The molecule has 0 saturated carbocycles. The van der Waals surface area contributed by atoms with Crippen molar-refractivity contribution in [1.82, 2.24) is 14.9 Å². The summed E-state index contributed by atoms with van der Waals surface area (Å²) in [7, 11) is 0. The van der Waals surface area contributed by atoms with Gasteiger partial charge in [0.15, 0.2) is 5.82 Å². The molecule has 2 heterocycles. The van der Waals surface area contributed by atoms with E-state index in [1.54, 1.807) is 11.0 Å². The number of halogens is 3. The molecule has 0 unspecified atom stereocenters. The summed E-state index contributed by atoms with van der Waals surface area (Å²) in [5, 5.41) is 0. The Kier molecular flexibility index (Phi) is 8.64. The molecule has 1 aromatic heterocycles. The highest BCUT2D eigenvalue weighted by molar-refractivity contribution is 5.77.